The first-order chi connectivity index (χ1) is 9.76. The molecule has 1 amide bonds. The van der Waals surface area contributed by atoms with Crippen LogP contribution < -0.4 is 0 Å². The Kier molecular flexibility index (Phi) is 5.28. The van der Waals surface area contributed by atoms with Crippen LogP contribution in [0.5, 0.6) is 0 Å². The second-order valence-corrected chi connectivity index (χ2v) is 5.01. The van der Waals surface area contributed by atoms with Gasteiger partial charge in [-0.2, -0.15) is 0 Å². The van der Waals surface area contributed by atoms with E-state index in [-0.39, 0.29) is 24.8 Å². The molecule has 108 valence electrons. The van der Waals surface area contributed by atoms with Crippen molar-refractivity contribution in [1.29, 1.82) is 0 Å². The van der Waals surface area contributed by atoms with Crippen LogP contribution in [0.1, 0.15) is 10.5 Å². The van der Waals surface area contributed by atoms with Crippen LogP contribution in [-0.2, 0) is 4.74 Å². The Bertz CT molecular complexity index is 538. The topological polar surface area (TPSA) is 75.8 Å². The van der Waals surface area contributed by atoms with Gasteiger partial charge in [0, 0.05) is 26.3 Å². The van der Waals surface area contributed by atoms with Crippen LogP contribution in [0.2, 0.25) is 0 Å². The summed E-state index contributed by atoms with van der Waals surface area (Å²) in [6.07, 6.45) is 0. The normalized spacial score (nSPS) is 10.7. The van der Waals surface area contributed by atoms with Gasteiger partial charge in [0.15, 0.2) is 11.5 Å². The van der Waals surface area contributed by atoms with E-state index in [1.807, 2.05) is 17.5 Å². The lowest BCUT2D eigenvalue weighted by Crippen LogP contribution is -2.36. The van der Waals surface area contributed by atoms with E-state index in [1.54, 1.807) is 13.2 Å². The van der Waals surface area contributed by atoms with Gasteiger partial charge in [-0.1, -0.05) is 11.2 Å². The lowest BCUT2D eigenvalue weighted by atomic mass is 10.3. The molecular weight excluding hydrogens is 280 g/mol. The third kappa shape index (κ3) is 3.44. The number of aliphatic hydroxyl groups excluding tert-OH is 1. The highest BCUT2D eigenvalue weighted by Gasteiger charge is 2.20. The highest BCUT2D eigenvalue weighted by molar-refractivity contribution is 7.13. The number of carbonyl (C=O) groups is 1. The van der Waals surface area contributed by atoms with E-state index in [9.17, 15) is 4.79 Å². The molecule has 0 aliphatic rings. The fourth-order valence-electron chi connectivity index (χ4n) is 1.71. The fraction of sp³-hybridized carbons (Fsp3) is 0.385. The molecule has 2 rings (SSSR count). The van der Waals surface area contributed by atoms with Gasteiger partial charge < -0.3 is 19.3 Å². The summed E-state index contributed by atoms with van der Waals surface area (Å²) in [5.74, 6) is 0.293. The first-order valence-corrected chi connectivity index (χ1v) is 7.04. The number of amides is 1. The predicted molar refractivity (Wildman–Crippen MR) is 74.7 cm³/mol. The molecule has 0 saturated carbocycles. The Morgan fingerprint density at radius 1 is 1.55 bits per heavy atom. The summed E-state index contributed by atoms with van der Waals surface area (Å²) < 4.78 is 10.1. The summed E-state index contributed by atoms with van der Waals surface area (Å²) in [5, 5.41) is 14.7. The Morgan fingerprint density at radius 3 is 3.05 bits per heavy atom. The molecule has 0 bridgehead atoms. The van der Waals surface area contributed by atoms with Crippen molar-refractivity contribution in [2.75, 3.05) is 33.4 Å². The van der Waals surface area contributed by atoms with E-state index in [4.69, 9.17) is 14.4 Å². The summed E-state index contributed by atoms with van der Waals surface area (Å²) >= 11 is 1.51. The second-order valence-electron chi connectivity index (χ2n) is 4.06. The third-order valence-corrected chi connectivity index (χ3v) is 3.60. The van der Waals surface area contributed by atoms with Crippen LogP contribution in [0.25, 0.3) is 10.6 Å². The molecule has 2 heterocycles. The Labute approximate surface area is 120 Å². The molecule has 0 radical (unpaired) electrons. The number of hydrogen-bond donors (Lipinski definition) is 1. The summed E-state index contributed by atoms with van der Waals surface area (Å²) in [7, 11) is 1.56. The number of hydrogen-bond acceptors (Lipinski definition) is 6. The Morgan fingerprint density at radius 2 is 2.40 bits per heavy atom. The van der Waals surface area contributed by atoms with Crippen LogP contribution in [0, 0.1) is 0 Å². The average Bonchev–Trinajstić information content (AvgIpc) is 3.12. The number of aliphatic hydroxyl groups is 1. The zero-order valence-electron chi connectivity index (χ0n) is 11.1. The van der Waals surface area contributed by atoms with E-state index >= 15 is 0 Å². The van der Waals surface area contributed by atoms with Gasteiger partial charge in [0.25, 0.3) is 5.91 Å². The van der Waals surface area contributed by atoms with Crippen molar-refractivity contribution in [1.82, 2.24) is 10.1 Å². The van der Waals surface area contributed by atoms with Gasteiger partial charge >= 0.3 is 0 Å². The molecule has 0 saturated heterocycles. The lowest BCUT2D eigenvalue weighted by molar-refractivity contribution is 0.0646. The summed E-state index contributed by atoms with van der Waals surface area (Å²) in [4.78, 5) is 14.7. The maximum atomic E-state index is 12.3. The van der Waals surface area contributed by atoms with E-state index in [2.05, 4.69) is 5.16 Å². The second kappa shape index (κ2) is 7.18. The Hall–Kier alpha value is -1.70. The number of aromatic nitrogens is 1. The van der Waals surface area contributed by atoms with Crippen molar-refractivity contribution >= 4 is 17.2 Å². The van der Waals surface area contributed by atoms with Crippen LogP contribution in [0.4, 0.5) is 0 Å². The summed E-state index contributed by atoms with van der Waals surface area (Å²) in [5.41, 5.74) is 0.234. The molecule has 0 unspecified atom stereocenters. The van der Waals surface area contributed by atoms with Crippen molar-refractivity contribution in [3.63, 3.8) is 0 Å². The molecule has 0 aromatic carbocycles. The minimum atomic E-state index is -0.275. The highest BCUT2D eigenvalue weighted by atomic mass is 32.1. The molecule has 20 heavy (non-hydrogen) atoms. The predicted octanol–water partition coefficient (Wildman–Crippen LogP) is 1.48. The summed E-state index contributed by atoms with van der Waals surface area (Å²) in [6, 6.07) is 5.42. The van der Waals surface area contributed by atoms with E-state index in [0.717, 1.165) is 4.88 Å². The highest BCUT2D eigenvalue weighted by Crippen LogP contribution is 2.25. The lowest BCUT2D eigenvalue weighted by Gasteiger charge is -2.19. The molecule has 2 aromatic rings. The van der Waals surface area contributed by atoms with Crippen molar-refractivity contribution in [3.8, 4) is 10.6 Å². The molecule has 0 aliphatic heterocycles. The van der Waals surface area contributed by atoms with Crippen molar-refractivity contribution < 1.29 is 19.2 Å². The van der Waals surface area contributed by atoms with Gasteiger partial charge in [-0.05, 0) is 11.4 Å². The average molecular weight is 296 g/mol. The van der Waals surface area contributed by atoms with Gasteiger partial charge in [0.1, 0.15) is 0 Å². The number of thiophene rings is 1. The third-order valence-electron chi connectivity index (χ3n) is 2.72. The number of nitrogens with zero attached hydrogens (tertiary/aromatic N) is 2. The molecule has 7 heteroatoms. The minimum absolute atomic E-state index is 0.106. The van der Waals surface area contributed by atoms with E-state index < -0.39 is 0 Å². The Balaban J connectivity index is 2.10. The number of carbonyl (C=O) groups excluding carboxylic acids is 1. The zero-order valence-corrected chi connectivity index (χ0v) is 11.9. The first-order valence-electron chi connectivity index (χ1n) is 6.16. The molecule has 1 N–H and O–H groups in total. The molecule has 2 aromatic heterocycles. The molecule has 6 nitrogen and oxygen atoms in total. The number of ether oxygens (including phenoxy) is 1. The standard InChI is InChI=1S/C13H16N2O4S/c1-18-7-5-15(4-6-16)13(17)10-9-11(19-14-10)12-3-2-8-20-12/h2-3,8-9,16H,4-7H2,1H3. The van der Waals surface area contributed by atoms with E-state index in [0.29, 0.717) is 18.9 Å². The zero-order chi connectivity index (χ0) is 14.4. The largest absolute Gasteiger partial charge is 0.395 e. The number of rotatable bonds is 7. The van der Waals surface area contributed by atoms with Crippen molar-refractivity contribution in [2.45, 2.75) is 0 Å². The van der Waals surface area contributed by atoms with Gasteiger partial charge in [0.05, 0.1) is 18.1 Å². The minimum Gasteiger partial charge on any atom is -0.395 e. The van der Waals surface area contributed by atoms with Crippen LogP contribution in [0.3, 0.4) is 0 Å². The molecule has 0 fully saturated rings. The summed E-state index contributed by atoms with van der Waals surface area (Å²) in [6.45, 7) is 0.937. The van der Waals surface area contributed by atoms with Crippen molar-refractivity contribution in [3.05, 3.63) is 29.3 Å². The van der Waals surface area contributed by atoms with Crippen LogP contribution in [0.15, 0.2) is 28.1 Å². The van der Waals surface area contributed by atoms with Crippen LogP contribution >= 0.6 is 11.3 Å². The maximum absolute atomic E-state index is 12.3. The monoisotopic (exact) mass is 296 g/mol. The molecular formula is C13H16N2O4S. The van der Waals surface area contributed by atoms with E-state index in [1.165, 1.54) is 16.2 Å². The quantitative estimate of drug-likeness (QED) is 0.837. The smallest absolute Gasteiger partial charge is 0.276 e. The van der Waals surface area contributed by atoms with Crippen LogP contribution in [-0.4, -0.2) is 54.5 Å². The molecule has 0 atom stereocenters. The molecule has 0 spiro atoms. The number of methoxy groups -OCH3 is 1. The fourth-order valence-corrected chi connectivity index (χ4v) is 2.38. The molecule has 0 aliphatic carbocycles. The van der Waals surface area contributed by atoms with Gasteiger partial charge in [-0.25, -0.2) is 0 Å². The van der Waals surface area contributed by atoms with Crippen molar-refractivity contribution in [2.24, 2.45) is 0 Å². The first kappa shape index (κ1) is 14.7. The maximum Gasteiger partial charge on any atom is 0.276 e. The van der Waals surface area contributed by atoms with Gasteiger partial charge in [0.2, 0.25) is 0 Å². The SMILES string of the molecule is COCCN(CCO)C(=O)c1cc(-c2cccs2)on1. The van der Waals surface area contributed by atoms with Gasteiger partial charge in [-0.3, -0.25) is 4.79 Å². The van der Waals surface area contributed by atoms with Gasteiger partial charge in [-0.15, -0.1) is 11.3 Å².